The van der Waals surface area contributed by atoms with E-state index in [2.05, 4.69) is 35.7 Å². The fourth-order valence-electron chi connectivity index (χ4n) is 5.91. The monoisotopic (exact) mass is 639 g/mol. The molecule has 0 spiro atoms. The number of ether oxygens (including phenoxy) is 1. The minimum absolute atomic E-state index is 0.0932. The van der Waals surface area contributed by atoms with Gasteiger partial charge < -0.3 is 19.4 Å². The SMILES string of the molecule is Cc1csc([C@H]2CCCN2C(=O)c2cc(-c3nnc([C@@]4(NC(=O)OC(C)(C)C)C[C@H]4c4ccccc4)o3)nc(-n3nccn3)c2)n1. The van der Waals surface area contributed by atoms with Crippen LogP contribution >= 0.6 is 11.3 Å². The van der Waals surface area contributed by atoms with Crippen molar-refractivity contribution in [1.82, 2.24) is 45.4 Å². The van der Waals surface area contributed by atoms with Crippen LogP contribution in [0.1, 0.15) is 84.5 Å². The van der Waals surface area contributed by atoms with Gasteiger partial charge in [0.25, 0.3) is 11.8 Å². The number of carbonyl (C=O) groups excluding carboxylic acids is 2. The fraction of sp³-hybridized carbons (Fsp3) is 0.375. The smallest absolute Gasteiger partial charge is 0.408 e. The zero-order valence-corrected chi connectivity index (χ0v) is 26.7. The lowest BCUT2D eigenvalue weighted by molar-refractivity contribution is 0.0483. The molecule has 1 saturated carbocycles. The second-order valence-corrected chi connectivity index (χ2v) is 13.5. The first-order valence-electron chi connectivity index (χ1n) is 15.1. The third kappa shape index (κ3) is 5.75. The van der Waals surface area contributed by atoms with Gasteiger partial charge in [0.05, 0.1) is 18.4 Å². The number of nitrogens with one attached hydrogen (secondary N) is 1. The average Bonchev–Trinajstić information content (AvgIpc) is 3.67. The van der Waals surface area contributed by atoms with Gasteiger partial charge in [-0.15, -0.1) is 26.3 Å². The number of amides is 2. The number of likely N-dealkylation sites (tertiary alicyclic amines) is 1. The summed E-state index contributed by atoms with van der Waals surface area (Å²) in [5.74, 6) is 0.359. The molecule has 14 heteroatoms. The Morgan fingerprint density at radius 2 is 1.87 bits per heavy atom. The highest BCUT2D eigenvalue weighted by molar-refractivity contribution is 7.09. The molecule has 2 amide bonds. The molecule has 1 aromatic carbocycles. The lowest BCUT2D eigenvalue weighted by atomic mass is 10.1. The molecule has 1 N–H and O–H groups in total. The number of carbonyl (C=O) groups is 2. The Morgan fingerprint density at radius 3 is 2.59 bits per heavy atom. The first-order chi connectivity index (χ1) is 22.1. The first kappa shape index (κ1) is 29.7. The number of hydrogen-bond acceptors (Lipinski definition) is 11. The van der Waals surface area contributed by atoms with Gasteiger partial charge in [0.15, 0.2) is 5.82 Å². The van der Waals surface area contributed by atoms with Crippen LogP contribution in [0.2, 0.25) is 0 Å². The summed E-state index contributed by atoms with van der Waals surface area (Å²) in [6, 6.07) is 13.0. The number of aryl methyl sites for hydroxylation is 1. The third-order valence-electron chi connectivity index (χ3n) is 8.03. The number of alkyl carbamates (subject to hydrolysis) is 1. The minimum atomic E-state index is -0.969. The zero-order valence-electron chi connectivity index (χ0n) is 25.9. The number of nitrogens with zero attached hydrogens (tertiary/aromatic N) is 8. The van der Waals surface area contributed by atoms with Crippen LogP contribution in [0.15, 0.2) is 64.7 Å². The summed E-state index contributed by atoms with van der Waals surface area (Å²) in [4.78, 5) is 39.6. The predicted octanol–water partition coefficient (Wildman–Crippen LogP) is 5.36. The van der Waals surface area contributed by atoms with Gasteiger partial charge >= 0.3 is 6.09 Å². The Kier molecular flexibility index (Phi) is 7.38. The highest BCUT2D eigenvalue weighted by Crippen LogP contribution is 2.58. The third-order valence-corrected chi connectivity index (χ3v) is 9.09. The Hall–Kier alpha value is -4.98. The van der Waals surface area contributed by atoms with Crippen LogP contribution in [0.25, 0.3) is 17.4 Å². The van der Waals surface area contributed by atoms with Crippen molar-refractivity contribution in [3.8, 4) is 17.4 Å². The van der Waals surface area contributed by atoms with Crippen molar-refractivity contribution in [1.29, 1.82) is 0 Å². The van der Waals surface area contributed by atoms with Gasteiger partial charge in [0.2, 0.25) is 5.89 Å². The Morgan fingerprint density at radius 1 is 1.09 bits per heavy atom. The molecule has 46 heavy (non-hydrogen) atoms. The van der Waals surface area contributed by atoms with Crippen LogP contribution in [0.3, 0.4) is 0 Å². The van der Waals surface area contributed by atoms with E-state index in [0.29, 0.717) is 24.3 Å². The van der Waals surface area contributed by atoms with Crippen LogP contribution in [-0.4, -0.2) is 64.2 Å². The van der Waals surface area contributed by atoms with E-state index < -0.39 is 17.2 Å². The van der Waals surface area contributed by atoms with E-state index >= 15 is 0 Å². The highest BCUT2D eigenvalue weighted by Gasteiger charge is 2.62. The molecule has 236 valence electrons. The molecular formula is C32H33N9O4S. The van der Waals surface area contributed by atoms with Crippen LogP contribution in [0, 0.1) is 6.92 Å². The van der Waals surface area contributed by atoms with Crippen molar-refractivity contribution >= 4 is 23.3 Å². The molecular weight excluding hydrogens is 606 g/mol. The van der Waals surface area contributed by atoms with E-state index in [1.54, 1.807) is 44.2 Å². The van der Waals surface area contributed by atoms with Crippen molar-refractivity contribution < 1.29 is 18.7 Å². The van der Waals surface area contributed by atoms with Crippen molar-refractivity contribution in [3.63, 3.8) is 0 Å². The lowest BCUT2D eigenvalue weighted by Crippen LogP contribution is -2.40. The van der Waals surface area contributed by atoms with Gasteiger partial charge in [-0.1, -0.05) is 30.3 Å². The van der Waals surface area contributed by atoms with E-state index in [1.807, 2.05) is 47.5 Å². The minimum Gasteiger partial charge on any atom is -0.444 e. The normalized spacial score (nSPS) is 20.9. The maximum atomic E-state index is 14.0. The maximum Gasteiger partial charge on any atom is 0.408 e. The molecule has 1 aliphatic carbocycles. The molecule has 13 nitrogen and oxygen atoms in total. The van der Waals surface area contributed by atoms with Gasteiger partial charge in [0, 0.05) is 29.1 Å². The molecule has 4 aromatic heterocycles. The molecule has 1 saturated heterocycles. The number of thiazole rings is 1. The number of pyridine rings is 1. The summed E-state index contributed by atoms with van der Waals surface area (Å²) < 4.78 is 11.9. The average molecular weight is 640 g/mol. The zero-order chi connectivity index (χ0) is 32.1. The number of aromatic nitrogens is 7. The molecule has 0 bridgehead atoms. The summed E-state index contributed by atoms with van der Waals surface area (Å²) in [7, 11) is 0. The Balaban J connectivity index is 1.24. The van der Waals surface area contributed by atoms with E-state index in [1.165, 1.54) is 17.2 Å². The van der Waals surface area contributed by atoms with Gasteiger partial charge in [0.1, 0.15) is 21.8 Å². The van der Waals surface area contributed by atoms with E-state index in [4.69, 9.17) is 9.15 Å². The molecule has 1 aliphatic heterocycles. The maximum absolute atomic E-state index is 14.0. The number of benzene rings is 1. The Bertz CT molecular complexity index is 1880. The molecule has 5 heterocycles. The van der Waals surface area contributed by atoms with Gasteiger partial charge in [-0.2, -0.15) is 10.2 Å². The first-order valence-corrected chi connectivity index (χ1v) is 16.0. The van der Waals surface area contributed by atoms with Crippen molar-refractivity contribution in [2.45, 2.75) is 70.1 Å². The van der Waals surface area contributed by atoms with Crippen LogP contribution < -0.4 is 5.32 Å². The van der Waals surface area contributed by atoms with E-state index in [-0.39, 0.29) is 35.3 Å². The summed E-state index contributed by atoms with van der Waals surface area (Å²) in [5.41, 5.74) is 0.960. The summed E-state index contributed by atoms with van der Waals surface area (Å²) in [5, 5.41) is 23.1. The van der Waals surface area contributed by atoms with Gasteiger partial charge in [-0.05, 0) is 64.7 Å². The van der Waals surface area contributed by atoms with Crippen molar-refractivity contribution in [2.24, 2.45) is 0 Å². The molecule has 0 unspecified atom stereocenters. The summed E-state index contributed by atoms with van der Waals surface area (Å²) in [6.45, 7) is 7.98. The van der Waals surface area contributed by atoms with Crippen molar-refractivity contribution in [2.75, 3.05) is 6.54 Å². The largest absolute Gasteiger partial charge is 0.444 e. The summed E-state index contributed by atoms with van der Waals surface area (Å²) in [6.07, 6.45) is 4.74. The fourth-order valence-corrected chi connectivity index (χ4v) is 6.86. The number of rotatable bonds is 7. The van der Waals surface area contributed by atoms with Gasteiger partial charge in [-0.3, -0.25) is 4.79 Å². The molecule has 7 rings (SSSR count). The Labute approximate surface area is 269 Å². The van der Waals surface area contributed by atoms with Gasteiger partial charge in [-0.25, -0.2) is 14.8 Å². The lowest BCUT2D eigenvalue weighted by Gasteiger charge is -2.23. The second kappa shape index (κ2) is 11.4. The highest BCUT2D eigenvalue weighted by atomic mass is 32.1. The topological polar surface area (TPSA) is 154 Å². The standard InChI is InChI=1S/C32H33N9O4S/c1-19-18-46-27(35-19)24-11-8-14-40(24)28(42)21-15-23(36-25(16-21)41-33-12-13-34-41)26-38-39-29(44-26)32(37-30(43)45-31(2,3)4)17-22(32)20-9-6-5-7-10-20/h5-7,9-10,12-13,15-16,18,22,24H,8,11,14,17H2,1-4H3,(H,37,43)/t22-,24+,32+/m0/s1. The molecule has 0 radical (unpaired) electrons. The van der Waals surface area contributed by atoms with E-state index in [9.17, 15) is 9.59 Å². The van der Waals surface area contributed by atoms with E-state index in [0.717, 1.165) is 29.1 Å². The van der Waals surface area contributed by atoms with Crippen LogP contribution in [0.4, 0.5) is 4.79 Å². The molecule has 5 aromatic rings. The predicted molar refractivity (Wildman–Crippen MR) is 167 cm³/mol. The quantitative estimate of drug-likeness (QED) is 0.246. The second-order valence-electron chi connectivity index (χ2n) is 12.6. The summed E-state index contributed by atoms with van der Waals surface area (Å²) >= 11 is 1.57. The van der Waals surface area contributed by atoms with Crippen molar-refractivity contribution in [3.05, 3.63) is 88.0 Å². The molecule has 2 fully saturated rings. The van der Waals surface area contributed by atoms with Crippen LogP contribution in [0.5, 0.6) is 0 Å². The van der Waals surface area contributed by atoms with Crippen LogP contribution in [-0.2, 0) is 10.3 Å². The molecule has 3 atom stereocenters. The number of hydrogen-bond donors (Lipinski definition) is 1. The molecule has 2 aliphatic rings.